The number of nitrogens with zero attached hydrogens (tertiary/aromatic N) is 2. The van der Waals surface area contributed by atoms with Gasteiger partial charge in [-0.3, -0.25) is 0 Å². The van der Waals surface area contributed by atoms with E-state index in [0.717, 1.165) is 18.1 Å². The second-order valence-corrected chi connectivity index (χ2v) is 5.18. The predicted molar refractivity (Wildman–Crippen MR) is 71.2 cm³/mol. The second kappa shape index (κ2) is 5.04. The molecule has 3 rings (SSSR count). The Morgan fingerprint density at radius 3 is 2.78 bits per heavy atom. The second-order valence-electron chi connectivity index (χ2n) is 4.47. The van der Waals surface area contributed by atoms with Gasteiger partial charge in [-0.15, -0.1) is 0 Å². The third kappa shape index (κ3) is 2.68. The normalized spacial score (nSPS) is 14.7. The highest BCUT2D eigenvalue weighted by molar-refractivity contribution is 7.07. The zero-order valence-corrected chi connectivity index (χ0v) is 11.0. The minimum atomic E-state index is 0.580. The molecule has 1 heterocycles. The molecule has 1 aromatic heterocycles. The van der Waals surface area contributed by atoms with Crippen LogP contribution in [0.5, 0.6) is 10.9 Å². The van der Waals surface area contributed by atoms with Crippen LogP contribution in [-0.4, -0.2) is 16.4 Å². The molecule has 2 aromatic rings. The highest BCUT2D eigenvalue weighted by Crippen LogP contribution is 2.40. The monoisotopic (exact) mass is 261 g/mol. The Balaban J connectivity index is 1.66. The van der Waals surface area contributed by atoms with Gasteiger partial charge in [-0.2, -0.15) is 9.36 Å². The van der Waals surface area contributed by atoms with Crippen LogP contribution in [-0.2, 0) is 6.54 Å². The molecule has 0 bridgehead atoms. The Bertz CT molecular complexity index is 519. The molecule has 94 valence electrons. The summed E-state index contributed by atoms with van der Waals surface area (Å²) in [7, 11) is 1.94. The van der Waals surface area contributed by atoms with Crippen molar-refractivity contribution in [1.82, 2.24) is 14.7 Å². The first kappa shape index (κ1) is 11.6. The van der Waals surface area contributed by atoms with Crippen LogP contribution in [0.15, 0.2) is 24.3 Å². The predicted octanol–water partition coefficient (Wildman–Crippen LogP) is 2.93. The van der Waals surface area contributed by atoms with Crippen LogP contribution >= 0.6 is 11.5 Å². The lowest BCUT2D eigenvalue weighted by Crippen LogP contribution is -2.04. The van der Waals surface area contributed by atoms with Gasteiger partial charge < -0.3 is 10.1 Å². The molecule has 0 aliphatic heterocycles. The SMILES string of the molecule is CNCc1ccc(Oc2nc(C3CC3)ns2)cc1. The lowest BCUT2D eigenvalue weighted by atomic mass is 10.2. The van der Waals surface area contributed by atoms with E-state index in [1.54, 1.807) is 0 Å². The summed E-state index contributed by atoms with van der Waals surface area (Å²) >= 11 is 1.33. The number of rotatable bonds is 5. The van der Waals surface area contributed by atoms with Gasteiger partial charge in [0.25, 0.3) is 5.19 Å². The van der Waals surface area contributed by atoms with E-state index >= 15 is 0 Å². The molecule has 0 amide bonds. The first-order valence-electron chi connectivity index (χ1n) is 6.10. The van der Waals surface area contributed by atoms with Crippen LogP contribution in [0, 0.1) is 0 Å². The molecule has 5 heteroatoms. The van der Waals surface area contributed by atoms with Crippen molar-refractivity contribution in [2.75, 3.05) is 7.05 Å². The van der Waals surface area contributed by atoms with Gasteiger partial charge in [0.2, 0.25) is 0 Å². The summed E-state index contributed by atoms with van der Waals surface area (Å²) in [6.07, 6.45) is 2.43. The molecule has 1 aliphatic carbocycles. The Morgan fingerprint density at radius 1 is 1.33 bits per heavy atom. The third-order valence-electron chi connectivity index (χ3n) is 2.88. The summed E-state index contributed by atoms with van der Waals surface area (Å²) in [4.78, 5) is 4.40. The largest absolute Gasteiger partial charge is 0.430 e. The van der Waals surface area contributed by atoms with E-state index in [9.17, 15) is 0 Å². The molecule has 0 atom stereocenters. The van der Waals surface area contributed by atoms with Crippen LogP contribution in [0.3, 0.4) is 0 Å². The smallest absolute Gasteiger partial charge is 0.298 e. The number of hydrogen-bond acceptors (Lipinski definition) is 5. The molecular weight excluding hydrogens is 246 g/mol. The highest BCUT2D eigenvalue weighted by Gasteiger charge is 2.28. The van der Waals surface area contributed by atoms with Gasteiger partial charge in [0.1, 0.15) is 11.6 Å². The minimum absolute atomic E-state index is 0.580. The molecule has 0 radical (unpaired) electrons. The van der Waals surface area contributed by atoms with Gasteiger partial charge in [-0.25, -0.2) is 0 Å². The summed E-state index contributed by atoms with van der Waals surface area (Å²) in [5.41, 5.74) is 1.24. The molecule has 0 spiro atoms. The van der Waals surface area contributed by atoms with Crippen LogP contribution in [0.2, 0.25) is 0 Å². The number of ether oxygens (including phenoxy) is 1. The fourth-order valence-corrected chi connectivity index (χ4v) is 2.38. The quantitative estimate of drug-likeness (QED) is 0.899. The molecule has 18 heavy (non-hydrogen) atoms. The van der Waals surface area contributed by atoms with E-state index in [-0.39, 0.29) is 0 Å². The van der Waals surface area contributed by atoms with E-state index in [4.69, 9.17) is 4.74 Å². The molecular formula is C13H15N3OS. The van der Waals surface area contributed by atoms with Gasteiger partial charge in [0.15, 0.2) is 0 Å². The Kier molecular flexibility index (Phi) is 3.25. The molecule has 1 aromatic carbocycles. The molecule has 1 aliphatic rings. The number of hydrogen-bond donors (Lipinski definition) is 1. The average molecular weight is 261 g/mol. The summed E-state index contributed by atoms with van der Waals surface area (Å²) < 4.78 is 10.0. The standard InChI is InChI=1S/C13H15N3OS/c1-14-8-9-2-6-11(7-3-9)17-13-15-12(16-18-13)10-4-5-10/h2-3,6-7,10,14H,4-5,8H2,1H3. The third-order valence-corrected chi connectivity index (χ3v) is 3.48. The van der Waals surface area contributed by atoms with Crippen LogP contribution in [0.4, 0.5) is 0 Å². The summed E-state index contributed by atoms with van der Waals surface area (Å²) in [6.45, 7) is 0.866. The van der Waals surface area contributed by atoms with Gasteiger partial charge in [-0.05, 0) is 37.6 Å². The zero-order chi connectivity index (χ0) is 12.4. The maximum atomic E-state index is 5.69. The van der Waals surface area contributed by atoms with Crippen molar-refractivity contribution in [2.24, 2.45) is 0 Å². The summed E-state index contributed by atoms with van der Waals surface area (Å²) in [6, 6.07) is 8.03. The van der Waals surface area contributed by atoms with Crippen molar-refractivity contribution in [1.29, 1.82) is 0 Å². The van der Waals surface area contributed by atoms with Crippen molar-refractivity contribution in [3.05, 3.63) is 35.7 Å². The van der Waals surface area contributed by atoms with Crippen molar-refractivity contribution >= 4 is 11.5 Å². The minimum Gasteiger partial charge on any atom is -0.430 e. The Hall–Kier alpha value is -1.46. The maximum Gasteiger partial charge on any atom is 0.298 e. The fraction of sp³-hybridized carbons (Fsp3) is 0.385. The topological polar surface area (TPSA) is 47.0 Å². The zero-order valence-electron chi connectivity index (χ0n) is 10.2. The van der Waals surface area contributed by atoms with E-state index in [1.165, 1.54) is 29.9 Å². The molecule has 1 saturated carbocycles. The molecule has 1 N–H and O–H groups in total. The Morgan fingerprint density at radius 2 is 2.11 bits per heavy atom. The van der Waals surface area contributed by atoms with E-state index < -0.39 is 0 Å². The lowest BCUT2D eigenvalue weighted by molar-refractivity contribution is 0.477. The van der Waals surface area contributed by atoms with Gasteiger partial charge in [0, 0.05) is 24.0 Å². The van der Waals surface area contributed by atoms with Crippen LogP contribution in [0.1, 0.15) is 30.1 Å². The Labute approximate surface area is 110 Å². The van der Waals surface area contributed by atoms with Gasteiger partial charge >= 0.3 is 0 Å². The van der Waals surface area contributed by atoms with E-state index in [1.807, 2.05) is 19.2 Å². The number of nitrogens with one attached hydrogen (secondary N) is 1. The van der Waals surface area contributed by atoms with Crippen molar-refractivity contribution in [3.8, 4) is 10.9 Å². The fourth-order valence-electron chi connectivity index (χ4n) is 1.75. The number of benzene rings is 1. The highest BCUT2D eigenvalue weighted by atomic mass is 32.1. The molecule has 0 unspecified atom stereocenters. The van der Waals surface area contributed by atoms with Crippen molar-refractivity contribution < 1.29 is 4.74 Å². The first-order valence-corrected chi connectivity index (χ1v) is 6.87. The number of aromatic nitrogens is 2. The van der Waals surface area contributed by atoms with Crippen LogP contribution in [0.25, 0.3) is 0 Å². The molecule has 0 saturated heterocycles. The lowest BCUT2D eigenvalue weighted by Gasteiger charge is -2.03. The van der Waals surface area contributed by atoms with Gasteiger partial charge in [-0.1, -0.05) is 12.1 Å². The van der Waals surface area contributed by atoms with Crippen LogP contribution < -0.4 is 10.1 Å². The molecule has 1 fully saturated rings. The van der Waals surface area contributed by atoms with E-state index in [2.05, 4.69) is 26.8 Å². The summed E-state index contributed by atoms with van der Waals surface area (Å²) in [5.74, 6) is 2.34. The average Bonchev–Trinajstić information content (AvgIpc) is 3.13. The summed E-state index contributed by atoms with van der Waals surface area (Å²) in [5, 5.41) is 3.75. The maximum absolute atomic E-state index is 5.69. The first-order chi connectivity index (χ1) is 8.85. The van der Waals surface area contributed by atoms with Crippen molar-refractivity contribution in [2.45, 2.75) is 25.3 Å². The van der Waals surface area contributed by atoms with Gasteiger partial charge in [0.05, 0.1) is 0 Å². The van der Waals surface area contributed by atoms with Crippen molar-refractivity contribution in [3.63, 3.8) is 0 Å². The van der Waals surface area contributed by atoms with E-state index in [0.29, 0.717) is 11.1 Å². The molecule has 4 nitrogen and oxygen atoms in total.